The number of aromatic amines is 1. The molecule has 1 aromatic heterocycles. The first-order valence-electron chi connectivity index (χ1n) is 8.35. The number of benzene rings is 1. The summed E-state index contributed by atoms with van der Waals surface area (Å²) in [6.07, 6.45) is 4.84. The number of fused-ring (bicyclic) bond motifs is 1. The third-order valence-corrected chi connectivity index (χ3v) is 4.05. The van der Waals surface area contributed by atoms with E-state index in [0.29, 0.717) is 29.8 Å². The Morgan fingerprint density at radius 1 is 1.15 bits per heavy atom. The van der Waals surface area contributed by atoms with Crippen molar-refractivity contribution >= 4 is 40.8 Å². The molecule has 0 atom stereocenters. The number of rotatable bonds is 7. The number of aromatic nitrogens is 1. The predicted octanol–water partition coefficient (Wildman–Crippen LogP) is 3.09. The number of unbranched alkanes of at least 4 members (excludes halogenated alkanes) is 1. The fraction of sp³-hybridized carbons (Fsp3) is 0.211. The van der Waals surface area contributed by atoms with Crippen LogP contribution in [0, 0.1) is 0 Å². The van der Waals surface area contributed by atoms with Gasteiger partial charge in [0, 0.05) is 41.7 Å². The van der Waals surface area contributed by atoms with Crippen LogP contribution in [-0.2, 0) is 14.4 Å². The molecule has 2 aromatic rings. The molecular formula is C19H19N3O4. The zero-order valence-corrected chi connectivity index (χ0v) is 14.0. The zero-order chi connectivity index (χ0) is 18.5. The van der Waals surface area contributed by atoms with Crippen molar-refractivity contribution in [3.8, 4) is 0 Å². The number of carbonyl (C=O) groups is 3. The molecule has 1 aliphatic heterocycles. The third kappa shape index (κ3) is 4.18. The van der Waals surface area contributed by atoms with Gasteiger partial charge in [-0.1, -0.05) is 0 Å². The molecule has 1 aromatic carbocycles. The summed E-state index contributed by atoms with van der Waals surface area (Å²) in [5.74, 6) is -1.23. The molecule has 7 nitrogen and oxygen atoms in total. The van der Waals surface area contributed by atoms with E-state index in [4.69, 9.17) is 5.11 Å². The number of hydrogen-bond acceptors (Lipinski definition) is 3. The number of nitrogens with one attached hydrogen (secondary N) is 3. The van der Waals surface area contributed by atoms with Crippen LogP contribution >= 0.6 is 0 Å². The molecule has 3 rings (SSSR count). The lowest BCUT2D eigenvalue weighted by molar-refractivity contribution is -0.137. The fourth-order valence-electron chi connectivity index (χ4n) is 2.78. The number of amides is 2. The van der Waals surface area contributed by atoms with Gasteiger partial charge in [0.15, 0.2) is 0 Å². The molecular weight excluding hydrogens is 334 g/mol. The first-order valence-corrected chi connectivity index (χ1v) is 8.35. The summed E-state index contributed by atoms with van der Waals surface area (Å²) in [5.41, 5.74) is 3.37. The third-order valence-electron chi connectivity index (χ3n) is 4.05. The normalized spacial score (nSPS) is 14.2. The average molecular weight is 353 g/mol. The number of carboxylic acids is 1. The largest absolute Gasteiger partial charge is 0.481 e. The van der Waals surface area contributed by atoms with Crippen LogP contribution in [0.15, 0.2) is 36.5 Å². The maximum atomic E-state index is 12.2. The van der Waals surface area contributed by atoms with Crippen LogP contribution in [0.3, 0.4) is 0 Å². The molecule has 0 fully saturated rings. The molecule has 26 heavy (non-hydrogen) atoms. The molecule has 2 heterocycles. The monoisotopic (exact) mass is 353 g/mol. The van der Waals surface area contributed by atoms with E-state index in [0.717, 1.165) is 11.3 Å². The SMILES string of the molecule is O=C(O)CCCCC(=O)Nc1ccc2c(c1)/C(=C/c1ccc[nH]1)C(=O)N2. The van der Waals surface area contributed by atoms with Crippen LogP contribution in [0.5, 0.6) is 0 Å². The molecule has 7 heteroatoms. The van der Waals surface area contributed by atoms with Gasteiger partial charge in [-0.15, -0.1) is 0 Å². The van der Waals surface area contributed by atoms with Crippen LogP contribution in [-0.4, -0.2) is 27.9 Å². The van der Waals surface area contributed by atoms with E-state index in [1.165, 1.54) is 0 Å². The number of aliphatic carboxylic acids is 1. The van der Waals surface area contributed by atoms with E-state index in [9.17, 15) is 14.4 Å². The zero-order valence-electron chi connectivity index (χ0n) is 14.0. The Kier molecular flexibility index (Phi) is 5.17. The van der Waals surface area contributed by atoms with Crippen molar-refractivity contribution in [2.24, 2.45) is 0 Å². The summed E-state index contributed by atoms with van der Waals surface area (Å²) in [6.45, 7) is 0. The van der Waals surface area contributed by atoms with Crippen molar-refractivity contribution in [2.45, 2.75) is 25.7 Å². The van der Waals surface area contributed by atoms with E-state index < -0.39 is 5.97 Å². The highest BCUT2D eigenvalue weighted by Gasteiger charge is 2.24. The van der Waals surface area contributed by atoms with Gasteiger partial charge in [0.1, 0.15) is 0 Å². The highest BCUT2D eigenvalue weighted by Crippen LogP contribution is 2.34. The van der Waals surface area contributed by atoms with Gasteiger partial charge >= 0.3 is 5.97 Å². The molecule has 134 valence electrons. The number of H-pyrrole nitrogens is 1. The molecule has 0 unspecified atom stereocenters. The van der Waals surface area contributed by atoms with Crippen molar-refractivity contribution in [3.05, 3.63) is 47.8 Å². The summed E-state index contributed by atoms with van der Waals surface area (Å²) >= 11 is 0. The Labute approximate surface area is 150 Å². The minimum Gasteiger partial charge on any atom is -0.481 e. The Bertz CT molecular complexity index is 869. The quantitative estimate of drug-likeness (QED) is 0.453. The summed E-state index contributed by atoms with van der Waals surface area (Å²) in [7, 11) is 0. The topological polar surface area (TPSA) is 111 Å². The first-order chi connectivity index (χ1) is 12.5. The van der Waals surface area contributed by atoms with E-state index >= 15 is 0 Å². The summed E-state index contributed by atoms with van der Waals surface area (Å²) in [4.78, 5) is 37.7. The van der Waals surface area contributed by atoms with Crippen LogP contribution in [0.2, 0.25) is 0 Å². The molecule has 0 saturated heterocycles. The highest BCUT2D eigenvalue weighted by molar-refractivity contribution is 6.35. The van der Waals surface area contributed by atoms with E-state index in [1.807, 2.05) is 12.1 Å². The van der Waals surface area contributed by atoms with Gasteiger partial charge in [-0.2, -0.15) is 0 Å². The number of carboxylic acid groups (broad SMARTS) is 1. The van der Waals surface area contributed by atoms with Crippen molar-refractivity contribution in [1.29, 1.82) is 0 Å². The average Bonchev–Trinajstić information content (AvgIpc) is 3.21. The maximum absolute atomic E-state index is 12.2. The van der Waals surface area contributed by atoms with Crippen LogP contribution in [0.4, 0.5) is 11.4 Å². The predicted molar refractivity (Wildman–Crippen MR) is 98.5 cm³/mol. The van der Waals surface area contributed by atoms with E-state index in [2.05, 4.69) is 15.6 Å². The molecule has 0 spiro atoms. The molecule has 0 aliphatic carbocycles. The lowest BCUT2D eigenvalue weighted by atomic mass is 10.0. The van der Waals surface area contributed by atoms with Gasteiger partial charge in [0.25, 0.3) is 5.91 Å². The number of anilines is 2. The summed E-state index contributed by atoms with van der Waals surface area (Å²) in [6, 6.07) is 8.95. The Morgan fingerprint density at radius 2 is 1.96 bits per heavy atom. The van der Waals surface area contributed by atoms with Gasteiger partial charge in [0.05, 0.1) is 5.57 Å². The number of carbonyl (C=O) groups excluding carboxylic acids is 2. The first kappa shape index (κ1) is 17.5. The Balaban J connectivity index is 1.69. The standard InChI is InChI=1S/C19H19N3O4/c23-17(5-1-2-6-18(24)25)21-13-7-8-16-14(11-13)15(19(26)22-16)10-12-4-3-9-20-12/h3-4,7-11,20H,1-2,5-6H2,(H,21,23)(H,22,26)(H,24,25)/b15-10-. The van der Waals surface area contributed by atoms with Gasteiger partial charge in [0.2, 0.25) is 5.91 Å². The highest BCUT2D eigenvalue weighted by atomic mass is 16.4. The maximum Gasteiger partial charge on any atom is 0.303 e. The van der Waals surface area contributed by atoms with Crippen molar-refractivity contribution < 1.29 is 19.5 Å². The Morgan fingerprint density at radius 3 is 2.69 bits per heavy atom. The smallest absolute Gasteiger partial charge is 0.303 e. The van der Waals surface area contributed by atoms with E-state index in [1.54, 1.807) is 30.5 Å². The fourth-order valence-corrected chi connectivity index (χ4v) is 2.78. The molecule has 0 saturated carbocycles. The van der Waals surface area contributed by atoms with Crippen molar-refractivity contribution in [2.75, 3.05) is 10.6 Å². The van der Waals surface area contributed by atoms with Crippen molar-refractivity contribution in [3.63, 3.8) is 0 Å². The second-order valence-corrected chi connectivity index (χ2v) is 6.05. The molecule has 4 N–H and O–H groups in total. The Hall–Kier alpha value is -3.35. The lowest BCUT2D eigenvalue weighted by Crippen LogP contribution is -2.11. The number of hydrogen-bond donors (Lipinski definition) is 4. The second-order valence-electron chi connectivity index (χ2n) is 6.05. The van der Waals surface area contributed by atoms with Crippen molar-refractivity contribution in [1.82, 2.24) is 4.98 Å². The van der Waals surface area contributed by atoms with Crippen LogP contribution in [0.25, 0.3) is 11.6 Å². The summed E-state index contributed by atoms with van der Waals surface area (Å²) in [5, 5.41) is 14.2. The molecule has 1 aliphatic rings. The summed E-state index contributed by atoms with van der Waals surface area (Å²) < 4.78 is 0. The van der Waals surface area contributed by atoms with Gasteiger partial charge in [-0.3, -0.25) is 14.4 Å². The van der Waals surface area contributed by atoms with Crippen LogP contribution in [0.1, 0.15) is 36.9 Å². The minimum atomic E-state index is -0.859. The van der Waals surface area contributed by atoms with E-state index in [-0.39, 0.29) is 24.7 Å². The molecule has 2 amide bonds. The molecule has 0 radical (unpaired) electrons. The molecule has 0 bridgehead atoms. The van der Waals surface area contributed by atoms with Gasteiger partial charge in [-0.05, 0) is 49.2 Å². The van der Waals surface area contributed by atoms with Gasteiger partial charge < -0.3 is 20.7 Å². The van der Waals surface area contributed by atoms with Gasteiger partial charge in [-0.25, -0.2) is 0 Å². The minimum absolute atomic E-state index is 0.0623. The second kappa shape index (κ2) is 7.69. The lowest BCUT2D eigenvalue weighted by Gasteiger charge is -2.07. The van der Waals surface area contributed by atoms with Crippen LogP contribution < -0.4 is 10.6 Å².